The minimum absolute atomic E-state index is 0.151. The number of hydrogen-bond acceptors (Lipinski definition) is 4. The standard InChI is InChI=1S/C13H19NO2S2/c15-18(16)8-2-3-10(18)9-14-12-4-1-5-13-11(12)6-7-17-13/h6-7,10,12,14H,1-5,8-9H2. The van der Waals surface area contributed by atoms with Crippen LogP contribution in [0.25, 0.3) is 0 Å². The van der Waals surface area contributed by atoms with Crippen LogP contribution in [0.5, 0.6) is 0 Å². The first kappa shape index (κ1) is 12.6. The molecule has 0 aromatic carbocycles. The molecule has 1 aliphatic heterocycles. The molecule has 0 bridgehead atoms. The van der Waals surface area contributed by atoms with Crippen molar-refractivity contribution in [2.45, 2.75) is 43.4 Å². The Bertz CT molecular complexity index is 521. The summed E-state index contributed by atoms with van der Waals surface area (Å²) >= 11 is 1.83. The van der Waals surface area contributed by atoms with Crippen LogP contribution in [0.2, 0.25) is 0 Å². The molecule has 1 fully saturated rings. The normalized spacial score (nSPS) is 30.2. The number of sulfone groups is 1. The first-order valence-corrected chi connectivity index (χ1v) is 9.27. The van der Waals surface area contributed by atoms with Gasteiger partial charge in [0.15, 0.2) is 9.84 Å². The molecule has 1 aliphatic carbocycles. The van der Waals surface area contributed by atoms with Crippen LogP contribution in [-0.4, -0.2) is 26.0 Å². The summed E-state index contributed by atoms with van der Waals surface area (Å²) in [5.41, 5.74) is 1.40. The Kier molecular flexibility index (Phi) is 3.47. The molecule has 100 valence electrons. The SMILES string of the molecule is O=S1(=O)CCCC1CNC1CCCc2sccc21. The third-order valence-corrected chi connectivity index (χ3v) is 7.38. The fraction of sp³-hybridized carbons (Fsp3) is 0.692. The summed E-state index contributed by atoms with van der Waals surface area (Å²) in [4.78, 5) is 1.48. The predicted molar refractivity (Wildman–Crippen MR) is 74.8 cm³/mol. The van der Waals surface area contributed by atoms with Gasteiger partial charge in [0.1, 0.15) is 0 Å². The van der Waals surface area contributed by atoms with E-state index in [4.69, 9.17) is 0 Å². The van der Waals surface area contributed by atoms with Crippen molar-refractivity contribution in [3.8, 4) is 0 Å². The predicted octanol–water partition coefficient (Wildman–Crippen LogP) is 2.29. The highest BCUT2D eigenvalue weighted by Crippen LogP contribution is 2.33. The molecular weight excluding hydrogens is 266 g/mol. The number of fused-ring (bicyclic) bond motifs is 1. The molecule has 5 heteroatoms. The van der Waals surface area contributed by atoms with Crippen molar-refractivity contribution in [3.63, 3.8) is 0 Å². The smallest absolute Gasteiger partial charge is 0.154 e. The van der Waals surface area contributed by atoms with Gasteiger partial charge in [-0.05, 0) is 49.1 Å². The van der Waals surface area contributed by atoms with Gasteiger partial charge in [0, 0.05) is 17.5 Å². The van der Waals surface area contributed by atoms with Gasteiger partial charge in [-0.1, -0.05) is 0 Å². The van der Waals surface area contributed by atoms with Crippen LogP contribution in [0.15, 0.2) is 11.4 Å². The average Bonchev–Trinajstić information content (AvgIpc) is 2.92. The second kappa shape index (κ2) is 4.94. The highest BCUT2D eigenvalue weighted by atomic mass is 32.2. The van der Waals surface area contributed by atoms with E-state index in [1.807, 2.05) is 11.3 Å². The number of aryl methyl sites for hydroxylation is 1. The van der Waals surface area contributed by atoms with E-state index in [1.165, 1.54) is 23.3 Å². The first-order chi connectivity index (χ1) is 8.67. The topological polar surface area (TPSA) is 46.2 Å². The second-order valence-electron chi connectivity index (χ2n) is 5.28. The van der Waals surface area contributed by atoms with Crippen molar-refractivity contribution in [2.75, 3.05) is 12.3 Å². The van der Waals surface area contributed by atoms with Gasteiger partial charge in [-0.15, -0.1) is 11.3 Å². The van der Waals surface area contributed by atoms with Crippen LogP contribution < -0.4 is 5.32 Å². The van der Waals surface area contributed by atoms with E-state index in [9.17, 15) is 8.42 Å². The Balaban J connectivity index is 1.65. The molecule has 1 N–H and O–H groups in total. The van der Waals surface area contributed by atoms with Crippen LogP contribution in [0.1, 0.15) is 42.2 Å². The maximum atomic E-state index is 11.8. The molecule has 1 aromatic heterocycles. The maximum absolute atomic E-state index is 11.8. The van der Waals surface area contributed by atoms with Gasteiger partial charge in [0.05, 0.1) is 11.0 Å². The van der Waals surface area contributed by atoms with Crippen LogP contribution in [0.3, 0.4) is 0 Å². The van der Waals surface area contributed by atoms with Crippen LogP contribution in [-0.2, 0) is 16.3 Å². The van der Waals surface area contributed by atoms with Gasteiger partial charge in [-0.25, -0.2) is 8.42 Å². The highest BCUT2D eigenvalue weighted by molar-refractivity contribution is 7.92. The lowest BCUT2D eigenvalue weighted by Crippen LogP contribution is -2.34. The quantitative estimate of drug-likeness (QED) is 0.927. The molecule has 1 saturated heterocycles. The molecule has 0 spiro atoms. The second-order valence-corrected chi connectivity index (χ2v) is 8.68. The van der Waals surface area contributed by atoms with E-state index < -0.39 is 9.84 Å². The summed E-state index contributed by atoms with van der Waals surface area (Å²) in [5.74, 6) is 0.383. The summed E-state index contributed by atoms with van der Waals surface area (Å²) in [7, 11) is -2.81. The fourth-order valence-corrected chi connectivity index (χ4v) is 5.83. The van der Waals surface area contributed by atoms with Crippen molar-refractivity contribution in [1.82, 2.24) is 5.32 Å². The van der Waals surface area contributed by atoms with Crippen molar-refractivity contribution in [2.24, 2.45) is 0 Å². The minimum atomic E-state index is -2.81. The third-order valence-electron chi connectivity index (χ3n) is 4.11. The van der Waals surface area contributed by atoms with Gasteiger partial charge < -0.3 is 5.32 Å². The van der Waals surface area contributed by atoms with Crippen molar-refractivity contribution in [1.29, 1.82) is 0 Å². The summed E-state index contributed by atoms with van der Waals surface area (Å²) in [6.45, 7) is 0.627. The summed E-state index contributed by atoms with van der Waals surface area (Å²) < 4.78 is 23.6. The fourth-order valence-electron chi connectivity index (χ4n) is 3.06. The van der Waals surface area contributed by atoms with E-state index in [0.717, 1.165) is 19.3 Å². The van der Waals surface area contributed by atoms with Crippen molar-refractivity contribution < 1.29 is 8.42 Å². The Morgan fingerprint density at radius 3 is 3.00 bits per heavy atom. The zero-order valence-corrected chi connectivity index (χ0v) is 12.0. The molecule has 0 amide bonds. The van der Waals surface area contributed by atoms with Crippen LogP contribution in [0.4, 0.5) is 0 Å². The monoisotopic (exact) mass is 285 g/mol. The van der Waals surface area contributed by atoms with Gasteiger partial charge in [-0.2, -0.15) is 0 Å². The number of nitrogens with one attached hydrogen (secondary N) is 1. The Morgan fingerprint density at radius 2 is 2.22 bits per heavy atom. The number of rotatable bonds is 3. The van der Waals surface area contributed by atoms with E-state index in [1.54, 1.807) is 0 Å². The average molecular weight is 285 g/mol. The zero-order chi connectivity index (χ0) is 12.6. The lowest BCUT2D eigenvalue weighted by atomic mass is 9.94. The Morgan fingerprint density at radius 1 is 1.33 bits per heavy atom. The van der Waals surface area contributed by atoms with E-state index in [2.05, 4.69) is 16.8 Å². The van der Waals surface area contributed by atoms with E-state index in [-0.39, 0.29) is 5.25 Å². The van der Waals surface area contributed by atoms with Gasteiger partial charge >= 0.3 is 0 Å². The largest absolute Gasteiger partial charge is 0.309 e. The molecule has 2 unspecified atom stereocenters. The molecule has 0 saturated carbocycles. The molecule has 3 rings (SSSR count). The van der Waals surface area contributed by atoms with Crippen LogP contribution >= 0.6 is 11.3 Å². The number of thiophene rings is 1. The third kappa shape index (κ3) is 2.36. The lowest BCUT2D eigenvalue weighted by molar-refractivity contribution is 0.456. The lowest BCUT2D eigenvalue weighted by Gasteiger charge is -2.25. The summed E-state index contributed by atoms with van der Waals surface area (Å²) in [6, 6.07) is 2.57. The zero-order valence-electron chi connectivity index (χ0n) is 10.4. The van der Waals surface area contributed by atoms with Gasteiger partial charge in [-0.3, -0.25) is 0 Å². The summed E-state index contributed by atoms with van der Waals surface area (Å²) in [6.07, 6.45) is 5.20. The van der Waals surface area contributed by atoms with E-state index >= 15 is 0 Å². The molecule has 1 aromatic rings. The highest BCUT2D eigenvalue weighted by Gasteiger charge is 2.32. The molecule has 2 atom stereocenters. The van der Waals surface area contributed by atoms with Crippen molar-refractivity contribution in [3.05, 3.63) is 21.9 Å². The molecular formula is C13H19NO2S2. The van der Waals surface area contributed by atoms with Crippen LogP contribution in [0, 0.1) is 0 Å². The maximum Gasteiger partial charge on any atom is 0.154 e. The Hall–Kier alpha value is -0.390. The van der Waals surface area contributed by atoms with Crippen molar-refractivity contribution >= 4 is 21.2 Å². The minimum Gasteiger partial charge on any atom is -0.309 e. The number of hydrogen-bond donors (Lipinski definition) is 1. The van der Waals surface area contributed by atoms with Gasteiger partial charge in [0.25, 0.3) is 0 Å². The molecule has 0 radical (unpaired) electrons. The molecule has 18 heavy (non-hydrogen) atoms. The first-order valence-electron chi connectivity index (χ1n) is 6.68. The van der Waals surface area contributed by atoms with E-state index in [0.29, 0.717) is 18.3 Å². The molecule has 2 heterocycles. The Labute approximate surface area is 113 Å². The molecule has 2 aliphatic rings. The summed E-state index contributed by atoms with van der Waals surface area (Å²) in [5, 5.41) is 5.49. The van der Waals surface area contributed by atoms with Gasteiger partial charge in [0.2, 0.25) is 0 Å². The molecule has 3 nitrogen and oxygen atoms in total.